The normalized spacial score (nSPS) is 12.2. The van der Waals surface area contributed by atoms with Crippen LogP contribution in [0.2, 0.25) is 0 Å². The molecular formula is C14H13O3P. The second-order valence-electron chi connectivity index (χ2n) is 3.50. The monoisotopic (exact) mass is 260 g/mol. The molecule has 0 heterocycles. The Balaban J connectivity index is 1.84. The summed E-state index contributed by atoms with van der Waals surface area (Å²) in [6, 6.07) is 18.6. The first-order valence-electron chi connectivity index (χ1n) is 5.50. The molecule has 0 radical (unpaired) electrons. The minimum atomic E-state index is -2.55. The van der Waals surface area contributed by atoms with Gasteiger partial charge in [0.1, 0.15) is 5.75 Å². The van der Waals surface area contributed by atoms with Crippen LogP contribution >= 0.6 is 8.25 Å². The van der Waals surface area contributed by atoms with Crippen molar-refractivity contribution in [3.05, 3.63) is 72.5 Å². The van der Waals surface area contributed by atoms with E-state index in [2.05, 4.69) is 0 Å². The fourth-order valence-electron chi connectivity index (χ4n) is 1.34. The van der Waals surface area contributed by atoms with Crippen molar-refractivity contribution in [2.24, 2.45) is 0 Å². The van der Waals surface area contributed by atoms with E-state index >= 15 is 0 Å². The van der Waals surface area contributed by atoms with E-state index in [4.69, 9.17) is 9.05 Å². The standard InChI is InChI=1S/C14H13O3P/c15-18(17-14-9-5-2-6-10-14)16-12-11-13-7-3-1-4-8-13/h1-12,18H. The minimum Gasteiger partial charge on any atom is -0.426 e. The van der Waals surface area contributed by atoms with E-state index in [1.165, 1.54) is 6.26 Å². The van der Waals surface area contributed by atoms with Gasteiger partial charge in [0.2, 0.25) is 0 Å². The molecule has 1 atom stereocenters. The van der Waals surface area contributed by atoms with Gasteiger partial charge in [0, 0.05) is 0 Å². The number of hydrogen-bond acceptors (Lipinski definition) is 3. The maximum absolute atomic E-state index is 11.5. The van der Waals surface area contributed by atoms with E-state index in [9.17, 15) is 4.57 Å². The molecule has 0 bridgehead atoms. The first kappa shape index (κ1) is 12.5. The Morgan fingerprint density at radius 2 is 1.50 bits per heavy atom. The molecule has 0 saturated carbocycles. The smallest absolute Gasteiger partial charge is 0.418 e. The van der Waals surface area contributed by atoms with E-state index in [0.717, 1.165) is 5.56 Å². The van der Waals surface area contributed by atoms with E-state index in [-0.39, 0.29) is 0 Å². The summed E-state index contributed by atoms with van der Waals surface area (Å²) < 4.78 is 21.6. The molecule has 0 aliphatic carbocycles. The second kappa shape index (κ2) is 6.67. The number of para-hydroxylation sites is 1. The predicted octanol–water partition coefficient (Wildman–Crippen LogP) is 4.14. The lowest BCUT2D eigenvalue weighted by atomic mass is 10.2. The maximum Gasteiger partial charge on any atom is 0.418 e. The third-order valence-corrected chi connectivity index (χ3v) is 2.90. The molecule has 92 valence electrons. The van der Waals surface area contributed by atoms with Crippen molar-refractivity contribution in [3.8, 4) is 5.75 Å². The third kappa shape index (κ3) is 4.11. The van der Waals surface area contributed by atoms with Crippen LogP contribution in [0.4, 0.5) is 0 Å². The van der Waals surface area contributed by atoms with Gasteiger partial charge in [0.25, 0.3) is 0 Å². The highest BCUT2D eigenvalue weighted by Crippen LogP contribution is 2.27. The molecule has 0 aliphatic rings. The van der Waals surface area contributed by atoms with Gasteiger partial charge in [-0.15, -0.1) is 0 Å². The fraction of sp³-hybridized carbons (Fsp3) is 0. The summed E-state index contributed by atoms with van der Waals surface area (Å²) >= 11 is 0. The van der Waals surface area contributed by atoms with Gasteiger partial charge in [-0.3, -0.25) is 0 Å². The Labute approximate surface area is 107 Å². The first-order valence-corrected chi connectivity index (χ1v) is 6.72. The molecule has 2 aromatic rings. The largest absolute Gasteiger partial charge is 0.426 e. The lowest BCUT2D eigenvalue weighted by Gasteiger charge is -2.04. The van der Waals surface area contributed by atoms with Gasteiger partial charge in [-0.25, -0.2) is 4.57 Å². The Morgan fingerprint density at radius 1 is 0.889 bits per heavy atom. The van der Waals surface area contributed by atoms with Crippen molar-refractivity contribution in [1.29, 1.82) is 0 Å². The van der Waals surface area contributed by atoms with Crippen LogP contribution in [0.5, 0.6) is 5.75 Å². The van der Waals surface area contributed by atoms with Crippen molar-refractivity contribution in [3.63, 3.8) is 0 Å². The van der Waals surface area contributed by atoms with E-state index in [1.54, 1.807) is 18.2 Å². The summed E-state index contributed by atoms with van der Waals surface area (Å²) in [7, 11) is -2.55. The number of hydrogen-bond donors (Lipinski definition) is 0. The zero-order valence-corrected chi connectivity index (χ0v) is 10.7. The molecule has 18 heavy (non-hydrogen) atoms. The molecule has 0 fully saturated rings. The SMILES string of the molecule is O=[PH](OC=Cc1ccccc1)Oc1ccccc1. The van der Waals surface area contributed by atoms with Crippen LogP contribution < -0.4 is 4.52 Å². The van der Waals surface area contributed by atoms with Crippen LogP contribution in [0.25, 0.3) is 6.08 Å². The zero-order chi connectivity index (χ0) is 12.6. The molecule has 1 unspecified atom stereocenters. The quantitative estimate of drug-likeness (QED) is 0.598. The highest BCUT2D eigenvalue weighted by atomic mass is 31.1. The van der Waals surface area contributed by atoms with Crippen LogP contribution in [0.3, 0.4) is 0 Å². The summed E-state index contributed by atoms with van der Waals surface area (Å²) in [5.41, 5.74) is 0.979. The van der Waals surface area contributed by atoms with Crippen molar-refractivity contribution in [2.45, 2.75) is 0 Å². The molecular weight excluding hydrogens is 247 g/mol. The highest BCUT2D eigenvalue weighted by Gasteiger charge is 1.98. The van der Waals surface area contributed by atoms with Gasteiger partial charge in [0.05, 0.1) is 6.26 Å². The number of rotatable bonds is 5. The predicted molar refractivity (Wildman–Crippen MR) is 72.6 cm³/mol. The summed E-state index contributed by atoms with van der Waals surface area (Å²) in [6.45, 7) is 0. The zero-order valence-electron chi connectivity index (χ0n) is 9.65. The summed E-state index contributed by atoms with van der Waals surface area (Å²) in [5, 5.41) is 0. The average Bonchev–Trinajstić information content (AvgIpc) is 2.41. The fourth-order valence-corrected chi connectivity index (χ4v) is 1.90. The third-order valence-electron chi connectivity index (χ3n) is 2.17. The summed E-state index contributed by atoms with van der Waals surface area (Å²) in [5.74, 6) is 0.537. The van der Waals surface area contributed by atoms with Crippen molar-refractivity contribution < 1.29 is 13.6 Å². The Morgan fingerprint density at radius 3 is 2.17 bits per heavy atom. The van der Waals surface area contributed by atoms with Gasteiger partial charge in [-0.05, 0) is 23.8 Å². The van der Waals surface area contributed by atoms with E-state index in [1.807, 2.05) is 48.5 Å². The van der Waals surface area contributed by atoms with E-state index < -0.39 is 8.25 Å². The Bertz CT molecular complexity index is 523. The molecule has 0 aromatic heterocycles. The molecule has 2 rings (SSSR count). The van der Waals surface area contributed by atoms with Crippen LogP contribution in [0, 0.1) is 0 Å². The van der Waals surface area contributed by atoms with Gasteiger partial charge in [0.15, 0.2) is 0 Å². The Kier molecular flexibility index (Phi) is 4.62. The second-order valence-corrected chi connectivity index (χ2v) is 4.44. The lowest BCUT2D eigenvalue weighted by molar-refractivity contribution is 0.385. The first-order chi connectivity index (χ1) is 8.84. The van der Waals surface area contributed by atoms with Crippen LogP contribution in [0.1, 0.15) is 5.56 Å². The molecule has 2 aromatic carbocycles. The van der Waals surface area contributed by atoms with Crippen molar-refractivity contribution in [1.82, 2.24) is 0 Å². The molecule has 0 saturated heterocycles. The molecule has 3 nitrogen and oxygen atoms in total. The number of benzene rings is 2. The molecule has 0 spiro atoms. The van der Waals surface area contributed by atoms with Crippen LogP contribution in [0.15, 0.2) is 66.9 Å². The van der Waals surface area contributed by atoms with Gasteiger partial charge >= 0.3 is 8.25 Å². The van der Waals surface area contributed by atoms with Crippen LogP contribution in [-0.2, 0) is 9.09 Å². The molecule has 0 amide bonds. The topological polar surface area (TPSA) is 35.5 Å². The maximum atomic E-state index is 11.5. The van der Waals surface area contributed by atoms with Gasteiger partial charge in [-0.1, -0.05) is 48.5 Å². The Hall–Kier alpha value is -1.99. The molecule has 0 aliphatic heterocycles. The van der Waals surface area contributed by atoms with Gasteiger partial charge < -0.3 is 9.05 Å². The lowest BCUT2D eigenvalue weighted by Crippen LogP contribution is -1.81. The van der Waals surface area contributed by atoms with Crippen molar-refractivity contribution in [2.75, 3.05) is 0 Å². The molecule has 0 N–H and O–H groups in total. The average molecular weight is 260 g/mol. The highest BCUT2D eigenvalue weighted by molar-refractivity contribution is 7.33. The van der Waals surface area contributed by atoms with E-state index in [0.29, 0.717) is 5.75 Å². The van der Waals surface area contributed by atoms with Gasteiger partial charge in [-0.2, -0.15) is 0 Å². The summed E-state index contributed by atoms with van der Waals surface area (Å²) in [4.78, 5) is 0. The summed E-state index contributed by atoms with van der Waals surface area (Å²) in [6.07, 6.45) is 3.12. The molecule has 4 heteroatoms. The minimum absolute atomic E-state index is 0.537. The van der Waals surface area contributed by atoms with Crippen LogP contribution in [-0.4, -0.2) is 0 Å². The van der Waals surface area contributed by atoms with Crippen molar-refractivity contribution >= 4 is 14.3 Å².